The first-order valence-electron chi connectivity index (χ1n) is 1.81. The summed E-state index contributed by atoms with van der Waals surface area (Å²) in [5.41, 5.74) is 0. The summed E-state index contributed by atoms with van der Waals surface area (Å²) in [5.74, 6) is 0. The van der Waals surface area contributed by atoms with E-state index in [2.05, 4.69) is 0 Å². The summed E-state index contributed by atoms with van der Waals surface area (Å²) in [6, 6.07) is 0. The Morgan fingerprint density at radius 2 is 1.33 bits per heavy atom. The minimum Gasteiger partial charge on any atom is -0.172 e. The molecule has 0 rings (SSSR count). The summed E-state index contributed by atoms with van der Waals surface area (Å²) >= 11 is 27.8. The van der Waals surface area contributed by atoms with Crippen LogP contribution in [0.2, 0.25) is 4.79 Å². The molecular formula is CHCl5Si3. The van der Waals surface area contributed by atoms with Crippen LogP contribution in [0.25, 0.3) is 0 Å². The van der Waals surface area contributed by atoms with Crippen LogP contribution in [0.4, 0.5) is 0 Å². The van der Waals surface area contributed by atoms with Crippen molar-refractivity contribution in [1.29, 1.82) is 0 Å². The summed E-state index contributed by atoms with van der Waals surface area (Å²) in [6.07, 6.45) is 0. The summed E-state index contributed by atoms with van der Waals surface area (Å²) in [4.78, 5) is -0.0201. The molecule has 9 heavy (non-hydrogen) atoms. The molecule has 0 aliphatic heterocycles. The van der Waals surface area contributed by atoms with E-state index in [4.69, 9.17) is 55.4 Å². The van der Waals surface area contributed by atoms with Crippen LogP contribution in [0.15, 0.2) is 0 Å². The van der Waals surface area contributed by atoms with Crippen LogP contribution in [0.5, 0.6) is 0 Å². The average Bonchev–Trinajstić information content (AvgIpc) is 1.64. The van der Waals surface area contributed by atoms with Crippen molar-refractivity contribution >= 4 is 79.1 Å². The highest BCUT2D eigenvalue weighted by Gasteiger charge is 2.29. The molecule has 0 aromatic rings. The predicted octanol–water partition coefficient (Wildman–Crippen LogP) is 2.64. The molecule has 0 heterocycles. The fourth-order valence-electron chi connectivity index (χ4n) is 0.165. The maximum Gasteiger partial charge on any atom is 0.274 e. The Kier molecular flexibility index (Phi) is 7.05. The lowest BCUT2D eigenvalue weighted by molar-refractivity contribution is 1.84. The summed E-state index contributed by atoms with van der Waals surface area (Å²) in [6.45, 7) is 0. The monoisotopic (exact) mass is 272 g/mol. The van der Waals surface area contributed by atoms with Crippen LogP contribution in [0.3, 0.4) is 0 Å². The van der Waals surface area contributed by atoms with Gasteiger partial charge in [-0.3, -0.25) is 0 Å². The fraction of sp³-hybridized carbons (Fsp3) is 1.00. The Morgan fingerprint density at radius 1 is 1.00 bits per heavy atom. The standard InChI is InChI=1S/CHCl5Si3/c2-7-1(8(3)4)9(5)6/h1H. The van der Waals surface area contributed by atoms with Crippen LogP contribution >= 0.6 is 55.4 Å². The van der Waals surface area contributed by atoms with E-state index >= 15 is 0 Å². The molecule has 0 N–H and O–H groups in total. The Morgan fingerprint density at radius 3 is 1.33 bits per heavy atom. The van der Waals surface area contributed by atoms with Gasteiger partial charge in [0.15, 0.2) is 8.83 Å². The second-order valence-corrected chi connectivity index (χ2v) is 12.7. The summed E-state index contributed by atoms with van der Waals surface area (Å²) in [7, 11) is -2.69. The highest BCUT2D eigenvalue weighted by molar-refractivity contribution is 7.49. The minimum absolute atomic E-state index is 0.0201. The zero-order valence-corrected chi connectivity index (χ0v) is 10.7. The van der Waals surface area contributed by atoms with Crippen LogP contribution < -0.4 is 0 Å². The van der Waals surface area contributed by atoms with Gasteiger partial charge in [0.05, 0.1) is 0 Å². The lowest BCUT2D eigenvalue weighted by Gasteiger charge is -2.08. The Hall–Kier alpha value is 2.10. The van der Waals surface area contributed by atoms with Gasteiger partial charge < -0.3 is 0 Å². The van der Waals surface area contributed by atoms with E-state index in [-0.39, 0.29) is 13.6 Å². The molecule has 0 aromatic carbocycles. The topological polar surface area (TPSA) is 0 Å². The largest absolute Gasteiger partial charge is 0.274 e. The van der Waals surface area contributed by atoms with E-state index in [1.807, 2.05) is 0 Å². The highest BCUT2D eigenvalue weighted by Crippen LogP contribution is 2.24. The second-order valence-electron chi connectivity index (χ2n) is 1.12. The van der Waals surface area contributed by atoms with E-state index in [9.17, 15) is 0 Å². The van der Waals surface area contributed by atoms with Crippen LogP contribution in [0.1, 0.15) is 0 Å². The maximum absolute atomic E-state index is 5.59. The van der Waals surface area contributed by atoms with Gasteiger partial charge in [0, 0.05) is 4.79 Å². The Bertz CT molecular complexity index is 66.6. The van der Waals surface area contributed by atoms with Gasteiger partial charge in [-0.2, -0.15) is 11.1 Å². The van der Waals surface area contributed by atoms with E-state index < -0.39 is 14.8 Å². The number of rotatable bonds is 3. The van der Waals surface area contributed by atoms with Gasteiger partial charge in [-0.05, 0) is 0 Å². The SMILES string of the molecule is Cl[Si]C([Si](Cl)Cl)[Si](Cl)Cl. The van der Waals surface area contributed by atoms with Crippen molar-refractivity contribution < 1.29 is 0 Å². The minimum atomic E-state index is -1.42. The Balaban J connectivity index is 3.68. The summed E-state index contributed by atoms with van der Waals surface area (Å²) in [5, 5.41) is 0. The Labute approximate surface area is 83.3 Å². The van der Waals surface area contributed by atoms with Gasteiger partial charge in [-0.15, -0.1) is 44.3 Å². The molecule has 0 spiro atoms. The molecule has 0 aliphatic carbocycles. The van der Waals surface area contributed by atoms with Crippen molar-refractivity contribution in [2.24, 2.45) is 0 Å². The molecule has 0 saturated heterocycles. The molecule has 0 bridgehead atoms. The number of hydrogen-bond donors (Lipinski definition) is 0. The van der Waals surface area contributed by atoms with E-state index in [0.29, 0.717) is 0 Å². The van der Waals surface area contributed by atoms with Gasteiger partial charge in [0.1, 0.15) is 0 Å². The lowest BCUT2D eigenvalue weighted by Crippen LogP contribution is -2.21. The first-order valence-corrected chi connectivity index (χ1v) is 11.1. The number of halogens is 5. The molecule has 0 nitrogen and oxygen atoms in total. The van der Waals surface area contributed by atoms with E-state index in [1.165, 1.54) is 0 Å². The molecular weight excluding hydrogens is 274 g/mol. The molecule has 4 radical (unpaired) electrons. The molecule has 0 amide bonds. The van der Waals surface area contributed by atoms with Crippen molar-refractivity contribution in [1.82, 2.24) is 0 Å². The van der Waals surface area contributed by atoms with Crippen LogP contribution in [-0.4, -0.2) is 23.7 Å². The van der Waals surface area contributed by atoms with Crippen molar-refractivity contribution in [2.45, 2.75) is 4.79 Å². The van der Waals surface area contributed by atoms with Crippen molar-refractivity contribution in [3.8, 4) is 0 Å². The molecule has 0 atom stereocenters. The lowest BCUT2D eigenvalue weighted by atomic mass is 11.8. The molecule has 0 aromatic heterocycles. The third-order valence-corrected chi connectivity index (χ3v) is 14.7. The van der Waals surface area contributed by atoms with Gasteiger partial charge in [0.2, 0.25) is 0 Å². The van der Waals surface area contributed by atoms with Crippen molar-refractivity contribution in [3.63, 3.8) is 0 Å². The maximum atomic E-state index is 5.59. The normalized spacial score (nSPS) is 12.0. The predicted molar refractivity (Wildman–Crippen MR) is 50.3 cm³/mol. The van der Waals surface area contributed by atoms with Gasteiger partial charge in [0.25, 0.3) is 14.8 Å². The van der Waals surface area contributed by atoms with Crippen molar-refractivity contribution in [2.75, 3.05) is 0 Å². The first kappa shape index (κ1) is 11.1. The molecule has 0 unspecified atom stereocenters. The average molecular weight is 275 g/mol. The van der Waals surface area contributed by atoms with E-state index in [0.717, 1.165) is 0 Å². The molecule has 0 saturated carbocycles. The third kappa shape index (κ3) is 4.53. The summed E-state index contributed by atoms with van der Waals surface area (Å²) < 4.78 is 0. The fourth-order valence-corrected chi connectivity index (χ4v) is 13.4. The molecule has 0 fully saturated rings. The third-order valence-electron chi connectivity index (χ3n) is 0.546. The zero-order chi connectivity index (χ0) is 7.44. The van der Waals surface area contributed by atoms with Gasteiger partial charge in [-0.25, -0.2) is 0 Å². The van der Waals surface area contributed by atoms with Crippen molar-refractivity contribution in [3.05, 3.63) is 0 Å². The zero-order valence-electron chi connectivity index (χ0n) is 3.97. The smallest absolute Gasteiger partial charge is 0.172 e. The molecule has 8 heteroatoms. The van der Waals surface area contributed by atoms with Gasteiger partial charge >= 0.3 is 0 Å². The number of hydrogen-bond acceptors (Lipinski definition) is 0. The van der Waals surface area contributed by atoms with Crippen LogP contribution in [0, 0.1) is 0 Å². The molecule has 0 aliphatic rings. The quantitative estimate of drug-likeness (QED) is 0.548. The molecule has 52 valence electrons. The van der Waals surface area contributed by atoms with Gasteiger partial charge in [-0.1, -0.05) is 0 Å². The first-order chi connectivity index (χ1) is 4.09. The second kappa shape index (κ2) is 5.71. The highest BCUT2D eigenvalue weighted by atomic mass is 35.7. The van der Waals surface area contributed by atoms with E-state index in [1.54, 1.807) is 0 Å². The van der Waals surface area contributed by atoms with Crippen LogP contribution in [-0.2, 0) is 0 Å².